The van der Waals surface area contributed by atoms with Gasteiger partial charge in [-0.2, -0.15) is 5.26 Å². The van der Waals surface area contributed by atoms with Crippen molar-refractivity contribution in [3.05, 3.63) is 29.0 Å². The molecule has 1 aromatic heterocycles. The molecule has 0 amide bonds. The molecule has 2 N–H and O–H groups in total. The first-order valence-corrected chi connectivity index (χ1v) is 4.38. The number of nitrogens with zero attached hydrogens (tertiary/aromatic N) is 2. The molecule has 0 aliphatic carbocycles. The summed E-state index contributed by atoms with van der Waals surface area (Å²) >= 11 is 5.70. The van der Waals surface area contributed by atoms with Crippen molar-refractivity contribution in [3.63, 3.8) is 0 Å². The average molecular weight is 213 g/mol. The summed E-state index contributed by atoms with van der Waals surface area (Å²) < 4.78 is 0. The number of aliphatic hydroxyl groups excluding tert-OH is 2. The highest BCUT2D eigenvalue weighted by Crippen LogP contribution is 2.23. The molecule has 74 valence electrons. The fourth-order valence-electron chi connectivity index (χ4n) is 1.03. The predicted octanol–water partition coefficient (Wildman–Crippen LogP) is 1.04. The highest BCUT2D eigenvalue weighted by molar-refractivity contribution is 6.30. The zero-order chi connectivity index (χ0) is 10.6. The van der Waals surface area contributed by atoms with E-state index in [2.05, 4.69) is 4.98 Å². The topological polar surface area (TPSA) is 77.1 Å². The van der Waals surface area contributed by atoms with Gasteiger partial charge in [-0.1, -0.05) is 17.7 Å². The number of hydrogen-bond donors (Lipinski definition) is 2. The molecule has 2 atom stereocenters. The minimum atomic E-state index is -1.17. The van der Waals surface area contributed by atoms with Gasteiger partial charge >= 0.3 is 0 Å². The lowest BCUT2D eigenvalue weighted by Crippen LogP contribution is -2.18. The van der Waals surface area contributed by atoms with E-state index in [1.165, 1.54) is 6.20 Å². The summed E-state index contributed by atoms with van der Waals surface area (Å²) in [5.41, 5.74) is 0.330. The first-order valence-electron chi connectivity index (χ1n) is 4.00. The summed E-state index contributed by atoms with van der Waals surface area (Å²) in [5.74, 6) is 0. The monoisotopic (exact) mass is 212 g/mol. The Balaban J connectivity index is 2.84. The zero-order valence-electron chi connectivity index (χ0n) is 7.26. The van der Waals surface area contributed by atoms with Crippen LogP contribution in [0.4, 0.5) is 0 Å². The summed E-state index contributed by atoms with van der Waals surface area (Å²) in [6, 6.07) is 4.92. The fourth-order valence-corrected chi connectivity index (χ4v) is 1.26. The third-order valence-electron chi connectivity index (χ3n) is 1.77. The maximum Gasteiger partial charge on any atom is 0.134 e. The van der Waals surface area contributed by atoms with E-state index in [9.17, 15) is 10.2 Å². The van der Waals surface area contributed by atoms with E-state index in [0.29, 0.717) is 5.56 Å². The van der Waals surface area contributed by atoms with Crippen molar-refractivity contribution in [1.82, 2.24) is 4.98 Å². The summed E-state index contributed by atoms with van der Waals surface area (Å²) in [6.07, 6.45) is -0.973. The van der Waals surface area contributed by atoms with E-state index in [4.69, 9.17) is 16.9 Å². The Morgan fingerprint density at radius 3 is 2.86 bits per heavy atom. The second kappa shape index (κ2) is 4.91. The van der Waals surface area contributed by atoms with E-state index in [1.54, 1.807) is 18.2 Å². The molecule has 0 aliphatic rings. The molecule has 1 rings (SSSR count). The second-order valence-corrected chi connectivity index (χ2v) is 3.12. The molecule has 0 aliphatic heterocycles. The Bertz CT molecular complexity index is 351. The Labute approximate surface area is 86.4 Å². The molecule has 5 heteroatoms. The molecular formula is C9H9ClN2O2. The van der Waals surface area contributed by atoms with Crippen LogP contribution < -0.4 is 0 Å². The largest absolute Gasteiger partial charge is 0.389 e. The van der Waals surface area contributed by atoms with Crippen molar-refractivity contribution in [2.75, 3.05) is 0 Å². The molecule has 0 bridgehead atoms. The molecule has 0 aromatic carbocycles. The first-order chi connectivity index (χ1) is 6.66. The number of aromatic nitrogens is 1. The third kappa shape index (κ3) is 2.42. The van der Waals surface area contributed by atoms with Crippen molar-refractivity contribution >= 4 is 11.6 Å². The van der Waals surface area contributed by atoms with Crippen LogP contribution in [0.25, 0.3) is 0 Å². The van der Waals surface area contributed by atoms with Crippen LogP contribution in [-0.2, 0) is 0 Å². The number of aliphatic hydroxyl groups is 2. The summed E-state index contributed by atoms with van der Waals surface area (Å²) in [6.45, 7) is 0. The van der Waals surface area contributed by atoms with Crippen molar-refractivity contribution < 1.29 is 10.2 Å². The number of hydrogen-bond acceptors (Lipinski definition) is 4. The van der Waals surface area contributed by atoms with Crippen LogP contribution in [0.1, 0.15) is 18.1 Å². The SMILES string of the molecule is N#CCC(O)C(O)c1cccnc1Cl. The molecule has 2 unspecified atom stereocenters. The van der Waals surface area contributed by atoms with Gasteiger partial charge in [-0.25, -0.2) is 4.98 Å². The van der Waals surface area contributed by atoms with Gasteiger partial charge in [0.05, 0.1) is 18.6 Å². The zero-order valence-corrected chi connectivity index (χ0v) is 8.02. The molecule has 0 fully saturated rings. The third-order valence-corrected chi connectivity index (χ3v) is 2.09. The minimum Gasteiger partial charge on any atom is -0.389 e. The van der Waals surface area contributed by atoms with E-state index in [-0.39, 0.29) is 11.6 Å². The van der Waals surface area contributed by atoms with Gasteiger partial charge in [-0.15, -0.1) is 0 Å². The maximum absolute atomic E-state index is 9.58. The Morgan fingerprint density at radius 2 is 2.29 bits per heavy atom. The number of nitriles is 1. The minimum absolute atomic E-state index is 0.136. The lowest BCUT2D eigenvalue weighted by Gasteiger charge is -2.15. The van der Waals surface area contributed by atoms with Crippen LogP contribution in [-0.4, -0.2) is 21.3 Å². The quantitative estimate of drug-likeness (QED) is 0.734. The van der Waals surface area contributed by atoms with E-state index >= 15 is 0 Å². The van der Waals surface area contributed by atoms with Crippen LogP contribution in [0.3, 0.4) is 0 Å². The number of pyridine rings is 1. The molecule has 0 saturated carbocycles. The van der Waals surface area contributed by atoms with Crippen molar-refractivity contribution in [1.29, 1.82) is 5.26 Å². The van der Waals surface area contributed by atoms with Gasteiger partial charge in [0.1, 0.15) is 11.3 Å². The summed E-state index contributed by atoms with van der Waals surface area (Å²) in [5, 5.41) is 27.4. The highest BCUT2D eigenvalue weighted by Gasteiger charge is 2.20. The lowest BCUT2D eigenvalue weighted by atomic mass is 10.0. The molecular weight excluding hydrogens is 204 g/mol. The Hall–Kier alpha value is -1.15. The number of rotatable bonds is 3. The van der Waals surface area contributed by atoms with Crippen molar-refractivity contribution in [2.24, 2.45) is 0 Å². The maximum atomic E-state index is 9.58. The Kier molecular flexibility index (Phi) is 3.84. The van der Waals surface area contributed by atoms with Crippen LogP contribution in [0.2, 0.25) is 5.15 Å². The average Bonchev–Trinajstić information content (AvgIpc) is 2.18. The van der Waals surface area contributed by atoms with Crippen LogP contribution in [0.5, 0.6) is 0 Å². The lowest BCUT2D eigenvalue weighted by molar-refractivity contribution is 0.0215. The van der Waals surface area contributed by atoms with E-state index in [0.717, 1.165) is 0 Å². The molecule has 0 saturated heterocycles. The first kappa shape index (κ1) is 10.9. The Morgan fingerprint density at radius 1 is 1.57 bits per heavy atom. The second-order valence-electron chi connectivity index (χ2n) is 2.76. The van der Waals surface area contributed by atoms with Gasteiger partial charge in [-0.05, 0) is 6.07 Å². The van der Waals surface area contributed by atoms with Crippen LogP contribution >= 0.6 is 11.6 Å². The molecule has 0 spiro atoms. The normalized spacial score (nSPS) is 14.4. The van der Waals surface area contributed by atoms with Crippen molar-refractivity contribution in [2.45, 2.75) is 18.6 Å². The van der Waals surface area contributed by atoms with Gasteiger partial charge in [-0.3, -0.25) is 0 Å². The van der Waals surface area contributed by atoms with Crippen molar-refractivity contribution in [3.8, 4) is 6.07 Å². The molecule has 0 radical (unpaired) electrons. The van der Waals surface area contributed by atoms with Gasteiger partial charge in [0.2, 0.25) is 0 Å². The standard InChI is InChI=1S/C9H9ClN2O2/c10-9-6(2-1-5-12-9)8(14)7(13)3-4-11/h1-2,5,7-8,13-14H,3H2. The van der Waals surface area contributed by atoms with Gasteiger partial charge in [0, 0.05) is 11.8 Å². The molecule has 4 nitrogen and oxygen atoms in total. The molecule has 1 heterocycles. The molecule has 14 heavy (non-hydrogen) atoms. The summed E-state index contributed by atoms with van der Waals surface area (Å²) in [7, 11) is 0. The van der Waals surface area contributed by atoms with Crippen LogP contribution in [0, 0.1) is 11.3 Å². The van der Waals surface area contributed by atoms with Crippen LogP contribution in [0.15, 0.2) is 18.3 Å². The molecule has 1 aromatic rings. The fraction of sp³-hybridized carbons (Fsp3) is 0.333. The van der Waals surface area contributed by atoms with Gasteiger partial charge in [0.15, 0.2) is 0 Å². The highest BCUT2D eigenvalue weighted by atomic mass is 35.5. The van der Waals surface area contributed by atoms with E-state index in [1.807, 2.05) is 0 Å². The smallest absolute Gasteiger partial charge is 0.134 e. The van der Waals surface area contributed by atoms with Gasteiger partial charge < -0.3 is 10.2 Å². The summed E-state index contributed by atoms with van der Waals surface area (Å²) in [4.78, 5) is 3.75. The number of halogens is 1. The van der Waals surface area contributed by atoms with Gasteiger partial charge in [0.25, 0.3) is 0 Å². The predicted molar refractivity (Wildman–Crippen MR) is 50.4 cm³/mol. The van der Waals surface area contributed by atoms with E-state index < -0.39 is 12.2 Å².